The molecule has 11 heteroatoms. The number of nitrogens with zero attached hydrogens (tertiary/aromatic N) is 6. The van der Waals surface area contributed by atoms with Gasteiger partial charge in [0.05, 0.1) is 29.7 Å². The van der Waals surface area contributed by atoms with Gasteiger partial charge in [0, 0.05) is 36.0 Å². The third kappa shape index (κ3) is 6.00. The first-order chi connectivity index (χ1) is 23.2. The molecule has 0 unspecified atom stereocenters. The molecule has 0 radical (unpaired) electrons. The Balaban J connectivity index is 1.15. The number of aliphatic hydroxyl groups excluding tert-OH is 1. The van der Waals surface area contributed by atoms with Gasteiger partial charge in [-0.25, -0.2) is 18.7 Å². The molecule has 2 aliphatic rings. The maximum absolute atomic E-state index is 16.3. The van der Waals surface area contributed by atoms with Crippen LogP contribution in [-0.2, 0) is 11.2 Å². The van der Waals surface area contributed by atoms with Crippen molar-refractivity contribution in [1.29, 1.82) is 5.26 Å². The summed E-state index contributed by atoms with van der Waals surface area (Å²) >= 11 is 1.12. The lowest BCUT2D eigenvalue weighted by molar-refractivity contribution is -0.132. The number of aryl methyl sites for hydroxylation is 1. The van der Waals surface area contributed by atoms with Crippen molar-refractivity contribution < 1.29 is 18.7 Å². The highest BCUT2D eigenvalue weighted by molar-refractivity contribution is 7.16. The van der Waals surface area contributed by atoms with Gasteiger partial charge in [-0.3, -0.25) is 14.1 Å². The summed E-state index contributed by atoms with van der Waals surface area (Å²) in [5.74, 6) is -0.381. The number of rotatable bonds is 7. The van der Waals surface area contributed by atoms with Crippen molar-refractivity contribution in [2.75, 3.05) is 32.7 Å². The molecule has 0 spiro atoms. The van der Waals surface area contributed by atoms with Crippen LogP contribution in [0.1, 0.15) is 53.8 Å². The predicted molar refractivity (Wildman–Crippen MR) is 182 cm³/mol. The van der Waals surface area contributed by atoms with Crippen molar-refractivity contribution in [3.05, 3.63) is 88.1 Å². The molecule has 8 nitrogen and oxygen atoms in total. The molecule has 2 saturated heterocycles. The van der Waals surface area contributed by atoms with E-state index in [0.717, 1.165) is 59.9 Å². The van der Waals surface area contributed by atoms with Crippen LogP contribution in [0.3, 0.4) is 0 Å². The number of aromatic nitrogens is 3. The van der Waals surface area contributed by atoms with Gasteiger partial charge < -0.3 is 10.0 Å². The summed E-state index contributed by atoms with van der Waals surface area (Å²) in [4.78, 5) is 26.5. The number of imidazole rings is 1. The Hall–Kier alpha value is -4.50. The summed E-state index contributed by atoms with van der Waals surface area (Å²) in [6.45, 7) is 6.89. The van der Waals surface area contributed by atoms with Crippen LogP contribution in [0.2, 0.25) is 0 Å². The molecule has 0 saturated carbocycles. The number of halogens is 2. The number of aliphatic hydroxyl groups is 1. The molecule has 2 aromatic carbocycles. The van der Waals surface area contributed by atoms with Gasteiger partial charge in [-0.05, 0) is 99.1 Å². The Morgan fingerprint density at radius 3 is 2.46 bits per heavy atom. The number of hydrogen-bond acceptors (Lipinski definition) is 7. The number of piperidine rings is 1. The first-order valence-electron chi connectivity index (χ1n) is 16.4. The fraction of sp³-hybridized carbons (Fsp3) is 0.351. The predicted octanol–water partition coefficient (Wildman–Crippen LogP) is 6.59. The van der Waals surface area contributed by atoms with Gasteiger partial charge in [0.2, 0.25) is 5.91 Å². The van der Waals surface area contributed by atoms with E-state index in [4.69, 9.17) is 4.98 Å². The summed E-state index contributed by atoms with van der Waals surface area (Å²) in [5, 5.41) is 20.0. The lowest BCUT2D eigenvalue weighted by atomic mass is 9.90. The number of β-amino-alcohol motifs (C(OH)–C–C–N with tert-alkyl or cyclic N) is 1. The minimum atomic E-state index is -0.410. The Labute approximate surface area is 281 Å². The summed E-state index contributed by atoms with van der Waals surface area (Å²) < 4.78 is 31.9. The van der Waals surface area contributed by atoms with Crippen molar-refractivity contribution in [1.82, 2.24) is 24.2 Å². The molecule has 2 fully saturated rings. The summed E-state index contributed by atoms with van der Waals surface area (Å²) in [7, 11) is 0. The number of carbonyl (C=O) groups excluding carboxylic acids is 1. The van der Waals surface area contributed by atoms with E-state index < -0.39 is 11.9 Å². The Kier molecular flexibility index (Phi) is 8.81. The average Bonchev–Trinajstić information content (AvgIpc) is 3.83. The van der Waals surface area contributed by atoms with Crippen molar-refractivity contribution in [2.45, 2.75) is 51.6 Å². The fourth-order valence-corrected chi connectivity index (χ4v) is 7.89. The van der Waals surface area contributed by atoms with Crippen LogP contribution >= 0.6 is 11.3 Å². The highest BCUT2D eigenvalue weighted by atomic mass is 32.1. The van der Waals surface area contributed by atoms with E-state index in [1.165, 1.54) is 17.7 Å². The van der Waals surface area contributed by atoms with Gasteiger partial charge in [0.15, 0.2) is 0 Å². The molecule has 2 aliphatic heterocycles. The van der Waals surface area contributed by atoms with Crippen molar-refractivity contribution >= 4 is 22.9 Å². The van der Waals surface area contributed by atoms with Gasteiger partial charge in [0.1, 0.15) is 33.2 Å². The van der Waals surface area contributed by atoms with Gasteiger partial charge in [-0.2, -0.15) is 5.26 Å². The van der Waals surface area contributed by atoms with Crippen molar-refractivity contribution in [2.24, 2.45) is 0 Å². The van der Waals surface area contributed by atoms with Gasteiger partial charge in [-0.1, -0.05) is 19.1 Å². The number of pyridine rings is 1. The molecule has 5 heterocycles. The molecule has 3 aromatic heterocycles. The fourth-order valence-electron chi connectivity index (χ4n) is 6.99. The maximum atomic E-state index is 16.3. The van der Waals surface area contributed by atoms with E-state index in [9.17, 15) is 19.6 Å². The van der Waals surface area contributed by atoms with Crippen LogP contribution in [0.4, 0.5) is 8.78 Å². The second-order valence-electron chi connectivity index (χ2n) is 12.7. The number of nitriles is 1. The molecular formula is C37H36F2N6O2S. The van der Waals surface area contributed by atoms with Crippen LogP contribution in [0.15, 0.2) is 54.7 Å². The second-order valence-corrected chi connectivity index (χ2v) is 13.7. The van der Waals surface area contributed by atoms with E-state index in [1.807, 2.05) is 19.1 Å². The zero-order valence-corrected chi connectivity index (χ0v) is 27.7. The largest absolute Gasteiger partial charge is 0.391 e. The van der Waals surface area contributed by atoms with Crippen molar-refractivity contribution in [3.63, 3.8) is 0 Å². The van der Waals surface area contributed by atoms with Gasteiger partial charge in [0.25, 0.3) is 0 Å². The average molecular weight is 667 g/mol. The zero-order valence-electron chi connectivity index (χ0n) is 26.9. The minimum absolute atomic E-state index is 0.0869. The Bertz CT molecular complexity index is 2040. The minimum Gasteiger partial charge on any atom is -0.391 e. The molecule has 0 bridgehead atoms. The summed E-state index contributed by atoms with van der Waals surface area (Å²) in [5.41, 5.74) is 6.25. The number of hydrogen-bond donors (Lipinski definition) is 1. The topological polar surface area (TPSA) is 97.8 Å². The molecule has 1 atom stereocenters. The van der Waals surface area contributed by atoms with E-state index in [-0.39, 0.29) is 11.7 Å². The normalized spacial score (nSPS) is 17.3. The van der Waals surface area contributed by atoms with Crippen LogP contribution in [0.25, 0.3) is 38.7 Å². The standard InChI is InChI=1S/C37H36F2N6O2S/c1-3-30-36(28-9-10-29(34(39)22(28)2)37-42-35(31(18-40)48-37)24-4-7-26(38)8-5-24)45-19-25(6-11-32(45)41-30)23-12-15-43(16-13-23)21-33(47)44-17-14-27(46)20-44/h4-11,19,23,27,46H,3,12-17,20-21H2,1-2H3/t27-/m1/s1. The highest BCUT2D eigenvalue weighted by Crippen LogP contribution is 2.39. The van der Waals surface area contributed by atoms with E-state index in [1.54, 1.807) is 30.0 Å². The first-order valence-corrected chi connectivity index (χ1v) is 17.2. The summed E-state index contributed by atoms with van der Waals surface area (Å²) in [6, 6.07) is 15.7. The van der Waals surface area contributed by atoms with Gasteiger partial charge in [-0.15, -0.1) is 11.3 Å². The third-order valence-electron chi connectivity index (χ3n) is 9.70. The monoisotopic (exact) mass is 666 g/mol. The molecule has 7 rings (SSSR count). The smallest absolute Gasteiger partial charge is 0.236 e. The van der Waals surface area contributed by atoms with Crippen LogP contribution < -0.4 is 0 Å². The van der Waals surface area contributed by atoms with Crippen LogP contribution in [-0.4, -0.2) is 74.0 Å². The number of thiazole rings is 1. The SMILES string of the molecule is CCc1nc2ccc(C3CCN(CC(=O)N4CC[C@@H](O)C4)CC3)cn2c1-c1ccc(-c2nc(-c3ccc(F)cc3)c(C#N)s2)c(F)c1C. The molecule has 48 heavy (non-hydrogen) atoms. The number of amides is 1. The highest BCUT2D eigenvalue weighted by Gasteiger charge is 2.29. The molecule has 0 aliphatic carbocycles. The molecule has 246 valence electrons. The summed E-state index contributed by atoms with van der Waals surface area (Å²) in [6.07, 6.45) is 4.90. The maximum Gasteiger partial charge on any atom is 0.236 e. The van der Waals surface area contributed by atoms with Gasteiger partial charge >= 0.3 is 0 Å². The quantitative estimate of drug-likeness (QED) is 0.211. The van der Waals surface area contributed by atoms with E-state index in [2.05, 4.69) is 32.6 Å². The molecule has 1 amide bonds. The van der Waals surface area contributed by atoms with E-state index in [0.29, 0.717) is 70.7 Å². The number of likely N-dealkylation sites (tertiary alicyclic amines) is 2. The number of carbonyl (C=O) groups is 1. The second kappa shape index (κ2) is 13.2. The number of benzene rings is 2. The van der Waals surface area contributed by atoms with Crippen LogP contribution in [0, 0.1) is 29.9 Å². The van der Waals surface area contributed by atoms with Crippen LogP contribution in [0.5, 0.6) is 0 Å². The molecule has 1 N–H and O–H groups in total. The number of fused-ring (bicyclic) bond motifs is 1. The van der Waals surface area contributed by atoms with E-state index >= 15 is 4.39 Å². The molecular weight excluding hydrogens is 631 g/mol. The molecule has 5 aromatic rings. The Morgan fingerprint density at radius 2 is 1.77 bits per heavy atom. The lowest BCUT2D eigenvalue weighted by Crippen LogP contribution is -2.42. The van der Waals surface area contributed by atoms with Crippen molar-refractivity contribution in [3.8, 4) is 39.2 Å². The zero-order chi connectivity index (χ0) is 33.5. The third-order valence-corrected chi connectivity index (χ3v) is 10.7. The first kappa shape index (κ1) is 32.1. The Morgan fingerprint density at radius 1 is 1.02 bits per heavy atom. The lowest BCUT2D eigenvalue weighted by Gasteiger charge is -2.32.